The number of carbonyl (C=O) groups is 1. The maximum atomic E-state index is 10.7. The summed E-state index contributed by atoms with van der Waals surface area (Å²) in [7, 11) is 1.81. The Morgan fingerprint density at radius 1 is 1.53 bits per heavy atom. The van der Waals surface area contributed by atoms with Gasteiger partial charge >= 0.3 is 5.97 Å². The Kier molecular flexibility index (Phi) is 2.17. The van der Waals surface area contributed by atoms with Gasteiger partial charge in [-0.1, -0.05) is 0 Å². The lowest BCUT2D eigenvalue weighted by Gasteiger charge is -2.01. The molecule has 0 unspecified atom stereocenters. The van der Waals surface area contributed by atoms with Crippen molar-refractivity contribution in [1.29, 1.82) is 0 Å². The molecule has 0 aromatic carbocycles. The predicted molar refractivity (Wildman–Crippen MR) is 51.2 cm³/mol. The van der Waals surface area contributed by atoms with Crippen LogP contribution in [-0.4, -0.2) is 30.6 Å². The van der Waals surface area contributed by atoms with Gasteiger partial charge in [-0.2, -0.15) is 0 Å². The van der Waals surface area contributed by atoms with Crippen molar-refractivity contribution < 1.29 is 9.90 Å². The van der Waals surface area contributed by atoms with Gasteiger partial charge in [0.15, 0.2) is 0 Å². The number of hydrogen-bond donors (Lipinski definition) is 1. The first kappa shape index (κ1) is 9.32. The first-order valence-corrected chi connectivity index (χ1v) is 4.21. The maximum absolute atomic E-state index is 10.7. The van der Waals surface area contributed by atoms with Gasteiger partial charge in [-0.3, -0.25) is 0 Å². The molecule has 0 atom stereocenters. The second-order valence-corrected chi connectivity index (χ2v) is 2.96. The molecule has 0 amide bonds. The molecule has 2 rings (SSSR count). The number of rotatable bonds is 2. The molecule has 0 saturated heterocycles. The fourth-order valence-corrected chi connectivity index (χ4v) is 1.21. The van der Waals surface area contributed by atoms with E-state index in [1.54, 1.807) is 23.2 Å². The van der Waals surface area contributed by atoms with E-state index < -0.39 is 5.97 Å². The molecule has 0 fully saturated rings. The zero-order valence-electron chi connectivity index (χ0n) is 7.95. The molecule has 0 saturated carbocycles. The Morgan fingerprint density at radius 2 is 2.33 bits per heavy atom. The Balaban J connectivity index is 2.50. The molecule has 76 valence electrons. The standard InChI is InChI=1S/C9H8N4O2/c1-13-5-10-4-7(13)6-2-3-11-8(12-6)9(14)15/h2-5H,1H3,(H,14,15). The maximum Gasteiger partial charge on any atom is 0.373 e. The molecule has 0 aliphatic rings. The molecule has 0 spiro atoms. The predicted octanol–water partition coefficient (Wildman–Crippen LogP) is 0.575. The molecule has 15 heavy (non-hydrogen) atoms. The molecule has 2 aromatic rings. The zero-order valence-corrected chi connectivity index (χ0v) is 7.95. The van der Waals surface area contributed by atoms with E-state index in [0.717, 1.165) is 5.69 Å². The van der Waals surface area contributed by atoms with Gasteiger partial charge in [-0.05, 0) is 6.07 Å². The van der Waals surface area contributed by atoms with Gasteiger partial charge in [-0.15, -0.1) is 0 Å². The van der Waals surface area contributed by atoms with Crippen LogP contribution in [0.3, 0.4) is 0 Å². The normalized spacial score (nSPS) is 10.2. The van der Waals surface area contributed by atoms with Crippen molar-refractivity contribution in [3.05, 3.63) is 30.6 Å². The summed E-state index contributed by atoms with van der Waals surface area (Å²) >= 11 is 0. The minimum Gasteiger partial charge on any atom is -0.475 e. The van der Waals surface area contributed by atoms with Crippen LogP contribution >= 0.6 is 0 Å². The first-order valence-electron chi connectivity index (χ1n) is 4.21. The van der Waals surface area contributed by atoms with Crippen LogP contribution in [0.5, 0.6) is 0 Å². The Morgan fingerprint density at radius 3 is 2.93 bits per heavy atom. The van der Waals surface area contributed by atoms with Crippen molar-refractivity contribution in [3.63, 3.8) is 0 Å². The summed E-state index contributed by atoms with van der Waals surface area (Å²) in [4.78, 5) is 22.1. The Bertz CT molecular complexity index is 506. The van der Waals surface area contributed by atoms with Crippen LogP contribution in [0, 0.1) is 0 Å². The van der Waals surface area contributed by atoms with E-state index in [1.807, 2.05) is 7.05 Å². The largest absolute Gasteiger partial charge is 0.475 e. The van der Waals surface area contributed by atoms with Crippen LogP contribution in [0.25, 0.3) is 11.4 Å². The number of aromatic carboxylic acids is 1. The van der Waals surface area contributed by atoms with E-state index in [-0.39, 0.29) is 5.82 Å². The lowest BCUT2D eigenvalue weighted by Crippen LogP contribution is -2.05. The molecule has 0 aliphatic carbocycles. The second kappa shape index (κ2) is 3.49. The van der Waals surface area contributed by atoms with E-state index in [4.69, 9.17) is 5.11 Å². The molecular formula is C9H8N4O2. The van der Waals surface area contributed by atoms with Gasteiger partial charge in [-0.25, -0.2) is 19.7 Å². The summed E-state index contributed by atoms with van der Waals surface area (Å²) in [6, 6.07) is 1.64. The van der Waals surface area contributed by atoms with E-state index in [1.165, 1.54) is 6.20 Å². The summed E-state index contributed by atoms with van der Waals surface area (Å²) in [5, 5.41) is 8.73. The first-order chi connectivity index (χ1) is 7.18. The summed E-state index contributed by atoms with van der Waals surface area (Å²) < 4.78 is 1.76. The molecule has 0 bridgehead atoms. The minimum atomic E-state index is -1.14. The summed E-state index contributed by atoms with van der Waals surface area (Å²) in [5.41, 5.74) is 1.29. The fourth-order valence-electron chi connectivity index (χ4n) is 1.21. The lowest BCUT2D eigenvalue weighted by molar-refractivity contribution is 0.0683. The van der Waals surface area contributed by atoms with Gasteiger partial charge in [0.2, 0.25) is 5.82 Å². The summed E-state index contributed by atoms with van der Waals surface area (Å²) in [6.07, 6.45) is 4.66. The average molecular weight is 204 g/mol. The summed E-state index contributed by atoms with van der Waals surface area (Å²) in [5.74, 6) is -1.35. The molecule has 0 aliphatic heterocycles. The van der Waals surface area contributed by atoms with Crippen LogP contribution in [0.1, 0.15) is 10.6 Å². The number of hydrogen-bond acceptors (Lipinski definition) is 4. The van der Waals surface area contributed by atoms with Crippen LogP contribution in [0.15, 0.2) is 24.8 Å². The third-order valence-corrected chi connectivity index (χ3v) is 1.93. The van der Waals surface area contributed by atoms with Crippen molar-refractivity contribution in [2.45, 2.75) is 0 Å². The lowest BCUT2D eigenvalue weighted by atomic mass is 10.3. The van der Waals surface area contributed by atoms with Crippen molar-refractivity contribution >= 4 is 5.97 Å². The number of aryl methyl sites for hydroxylation is 1. The van der Waals surface area contributed by atoms with E-state index in [9.17, 15) is 4.79 Å². The second-order valence-electron chi connectivity index (χ2n) is 2.96. The fraction of sp³-hybridized carbons (Fsp3) is 0.111. The van der Waals surface area contributed by atoms with Crippen molar-refractivity contribution in [3.8, 4) is 11.4 Å². The number of carboxylic acids is 1. The highest BCUT2D eigenvalue weighted by Crippen LogP contribution is 2.14. The zero-order chi connectivity index (χ0) is 10.8. The highest BCUT2D eigenvalue weighted by Gasteiger charge is 2.09. The average Bonchev–Trinajstić information content (AvgIpc) is 2.64. The van der Waals surface area contributed by atoms with E-state index in [0.29, 0.717) is 5.69 Å². The quantitative estimate of drug-likeness (QED) is 0.773. The Labute approximate surface area is 85.3 Å². The van der Waals surface area contributed by atoms with Crippen LogP contribution in [-0.2, 0) is 7.05 Å². The van der Waals surface area contributed by atoms with Gasteiger partial charge in [0.05, 0.1) is 23.9 Å². The molecule has 0 radical (unpaired) electrons. The van der Waals surface area contributed by atoms with Gasteiger partial charge in [0.25, 0.3) is 0 Å². The smallest absolute Gasteiger partial charge is 0.373 e. The van der Waals surface area contributed by atoms with E-state index >= 15 is 0 Å². The molecule has 6 nitrogen and oxygen atoms in total. The van der Waals surface area contributed by atoms with E-state index in [2.05, 4.69) is 15.0 Å². The monoisotopic (exact) mass is 204 g/mol. The van der Waals surface area contributed by atoms with Crippen molar-refractivity contribution in [1.82, 2.24) is 19.5 Å². The van der Waals surface area contributed by atoms with Crippen molar-refractivity contribution in [2.24, 2.45) is 7.05 Å². The van der Waals surface area contributed by atoms with Gasteiger partial charge < -0.3 is 9.67 Å². The number of aromatic nitrogens is 4. The topological polar surface area (TPSA) is 80.9 Å². The van der Waals surface area contributed by atoms with Crippen LogP contribution in [0.2, 0.25) is 0 Å². The molecule has 2 aromatic heterocycles. The highest BCUT2D eigenvalue weighted by molar-refractivity contribution is 5.83. The number of nitrogens with zero attached hydrogens (tertiary/aromatic N) is 4. The number of imidazole rings is 1. The molecule has 6 heteroatoms. The van der Waals surface area contributed by atoms with Gasteiger partial charge in [0.1, 0.15) is 0 Å². The minimum absolute atomic E-state index is 0.214. The number of carboxylic acid groups (broad SMARTS) is 1. The third-order valence-electron chi connectivity index (χ3n) is 1.93. The Hall–Kier alpha value is -2.24. The molecule has 2 heterocycles. The van der Waals surface area contributed by atoms with Crippen LogP contribution in [0.4, 0.5) is 0 Å². The van der Waals surface area contributed by atoms with Crippen LogP contribution < -0.4 is 0 Å². The van der Waals surface area contributed by atoms with Crippen molar-refractivity contribution in [2.75, 3.05) is 0 Å². The highest BCUT2D eigenvalue weighted by atomic mass is 16.4. The summed E-state index contributed by atoms with van der Waals surface area (Å²) in [6.45, 7) is 0. The molecular weight excluding hydrogens is 196 g/mol. The molecule has 1 N–H and O–H groups in total. The van der Waals surface area contributed by atoms with Gasteiger partial charge in [0, 0.05) is 13.2 Å². The SMILES string of the molecule is Cn1cncc1-c1ccnc(C(=O)O)n1. The third kappa shape index (κ3) is 1.69.